The SMILES string of the molecule is CSC(C)(C)C(=O)Oc1cccc(OCc2ccccc2)c1. The Hall–Kier alpha value is -1.94. The fraction of sp³-hybridized carbons (Fsp3) is 0.278. The lowest BCUT2D eigenvalue weighted by atomic mass is 10.2. The summed E-state index contributed by atoms with van der Waals surface area (Å²) in [6.45, 7) is 4.17. The third-order valence-corrected chi connectivity index (χ3v) is 4.45. The van der Waals surface area contributed by atoms with Gasteiger partial charge in [-0.15, -0.1) is 11.8 Å². The van der Waals surface area contributed by atoms with E-state index in [0.717, 1.165) is 5.56 Å². The summed E-state index contributed by atoms with van der Waals surface area (Å²) in [6.07, 6.45) is 1.89. The fourth-order valence-electron chi connectivity index (χ4n) is 1.68. The Morgan fingerprint density at radius 1 is 1.05 bits per heavy atom. The summed E-state index contributed by atoms with van der Waals surface area (Å²) in [4.78, 5) is 12.1. The highest BCUT2D eigenvalue weighted by atomic mass is 32.2. The Morgan fingerprint density at radius 3 is 2.41 bits per heavy atom. The van der Waals surface area contributed by atoms with Crippen LogP contribution in [0.3, 0.4) is 0 Å². The number of hydrogen-bond donors (Lipinski definition) is 0. The average Bonchev–Trinajstić information content (AvgIpc) is 2.54. The van der Waals surface area contributed by atoms with Crippen molar-refractivity contribution >= 4 is 17.7 Å². The van der Waals surface area contributed by atoms with Gasteiger partial charge in [-0.05, 0) is 37.8 Å². The van der Waals surface area contributed by atoms with E-state index in [9.17, 15) is 4.79 Å². The molecule has 2 rings (SSSR count). The Labute approximate surface area is 135 Å². The second kappa shape index (κ2) is 7.36. The molecule has 0 spiro atoms. The maximum atomic E-state index is 12.1. The van der Waals surface area contributed by atoms with Gasteiger partial charge in [-0.25, -0.2) is 0 Å². The molecule has 2 aromatic carbocycles. The van der Waals surface area contributed by atoms with Crippen LogP contribution >= 0.6 is 11.8 Å². The van der Waals surface area contributed by atoms with Crippen LogP contribution < -0.4 is 9.47 Å². The molecule has 0 heterocycles. The molecule has 0 atom stereocenters. The van der Waals surface area contributed by atoms with E-state index in [1.165, 1.54) is 11.8 Å². The first-order chi connectivity index (χ1) is 10.5. The molecule has 116 valence electrons. The second-order valence-electron chi connectivity index (χ2n) is 5.35. The standard InChI is InChI=1S/C18H20O3S/c1-18(2,22-3)17(19)21-16-11-7-10-15(12-16)20-13-14-8-5-4-6-9-14/h4-12H,13H2,1-3H3. The molecular formula is C18H20O3S. The van der Waals surface area contributed by atoms with Crippen LogP contribution in [0.4, 0.5) is 0 Å². The zero-order valence-electron chi connectivity index (χ0n) is 13.0. The second-order valence-corrected chi connectivity index (χ2v) is 6.78. The Bertz CT molecular complexity index is 623. The predicted molar refractivity (Wildman–Crippen MR) is 90.4 cm³/mol. The minimum atomic E-state index is -0.569. The smallest absolute Gasteiger partial charge is 0.327 e. The zero-order chi connectivity index (χ0) is 16.0. The van der Waals surface area contributed by atoms with Crippen molar-refractivity contribution in [2.75, 3.05) is 6.26 Å². The van der Waals surface area contributed by atoms with E-state index < -0.39 is 4.75 Å². The highest BCUT2D eigenvalue weighted by Gasteiger charge is 2.28. The Balaban J connectivity index is 1.99. The van der Waals surface area contributed by atoms with Crippen LogP contribution in [-0.4, -0.2) is 17.0 Å². The molecule has 0 aliphatic carbocycles. The molecule has 3 nitrogen and oxygen atoms in total. The topological polar surface area (TPSA) is 35.5 Å². The van der Waals surface area contributed by atoms with E-state index in [4.69, 9.17) is 9.47 Å². The molecule has 4 heteroatoms. The lowest BCUT2D eigenvalue weighted by Gasteiger charge is -2.19. The number of hydrogen-bond acceptors (Lipinski definition) is 4. The summed E-state index contributed by atoms with van der Waals surface area (Å²) in [5.41, 5.74) is 1.09. The lowest BCUT2D eigenvalue weighted by Crippen LogP contribution is -2.31. The predicted octanol–water partition coefficient (Wildman–Crippen LogP) is 4.31. The van der Waals surface area contributed by atoms with Crippen LogP contribution in [0.25, 0.3) is 0 Å². The Morgan fingerprint density at radius 2 is 1.73 bits per heavy atom. The molecule has 0 radical (unpaired) electrons. The van der Waals surface area contributed by atoms with Crippen molar-refractivity contribution in [2.45, 2.75) is 25.2 Å². The number of rotatable bonds is 6. The first-order valence-corrected chi connectivity index (χ1v) is 8.28. The van der Waals surface area contributed by atoms with Gasteiger partial charge < -0.3 is 9.47 Å². The molecule has 0 aromatic heterocycles. The fourth-order valence-corrected chi connectivity index (χ4v) is 1.89. The van der Waals surface area contributed by atoms with E-state index >= 15 is 0 Å². The number of carbonyl (C=O) groups excluding carboxylic acids is 1. The molecule has 0 unspecified atom stereocenters. The van der Waals surface area contributed by atoms with Crippen LogP contribution in [0.15, 0.2) is 54.6 Å². The van der Waals surface area contributed by atoms with Gasteiger partial charge in [0.2, 0.25) is 0 Å². The van der Waals surface area contributed by atoms with Crippen molar-refractivity contribution in [3.05, 3.63) is 60.2 Å². The van der Waals surface area contributed by atoms with Gasteiger partial charge in [-0.3, -0.25) is 4.79 Å². The van der Waals surface area contributed by atoms with Crippen LogP contribution in [0, 0.1) is 0 Å². The van der Waals surface area contributed by atoms with Crippen molar-refractivity contribution in [1.29, 1.82) is 0 Å². The van der Waals surface area contributed by atoms with Crippen molar-refractivity contribution in [3.8, 4) is 11.5 Å². The van der Waals surface area contributed by atoms with E-state index in [1.807, 2.05) is 62.6 Å². The van der Waals surface area contributed by atoms with Gasteiger partial charge in [-0.1, -0.05) is 36.4 Å². The van der Waals surface area contributed by atoms with Crippen molar-refractivity contribution in [3.63, 3.8) is 0 Å². The van der Waals surface area contributed by atoms with Crippen molar-refractivity contribution in [2.24, 2.45) is 0 Å². The number of thioether (sulfide) groups is 1. The van der Waals surface area contributed by atoms with Crippen LogP contribution in [0.2, 0.25) is 0 Å². The van der Waals surface area contributed by atoms with Gasteiger partial charge in [0.1, 0.15) is 22.9 Å². The highest BCUT2D eigenvalue weighted by Crippen LogP contribution is 2.26. The van der Waals surface area contributed by atoms with E-state index in [2.05, 4.69) is 0 Å². The monoisotopic (exact) mass is 316 g/mol. The molecule has 0 fully saturated rings. The number of carbonyl (C=O) groups is 1. The van der Waals surface area contributed by atoms with Crippen molar-refractivity contribution < 1.29 is 14.3 Å². The molecule has 0 bridgehead atoms. The molecule has 22 heavy (non-hydrogen) atoms. The molecule has 0 saturated carbocycles. The number of ether oxygens (including phenoxy) is 2. The molecular weight excluding hydrogens is 296 g/mol. The van der Waals surface area contributed by atoms with Gasteiger partial charge in [0.05, 0.1) is 0 Å². The minimum Gasteiger partial charge on any atom is -0.489 e. The van der Waals surface area contributed by atoms with E-state index in [0.29, 0.717) is 18.1 Å². The zero-order valence-corrected chi connectivity index (χ0v) is 13.9. The van der Waals surface area contributed by atoms with Crippen LogP contribution in [0.5, 0.6) is 11.5 Å². The summed E-state index contributed by atoms with van der Waals surface area (Å²) in [5.74, 6) is 0.911. The first kappa shape index (κ1) is 16.4. The molecule has 2 aromatic rings. The van der Waals surface area contributed by atoms with Crippen LogP contribution in [0.1, 0.15) is 19.4 Å². The maximum absolute atomic E-state index is 12.1. The van der Waals surface area contributed by atoms with E-state index in [1.54, 1.807) is 12.1 Å². The summed E-state index contributed by atoms with van der Waals surface area (Å²) >= 11 is 1.46. The number of esters is 1. The molecule has 0 aliphatic rings. The van der Waals surface area contributed by atoms with Crippen LogP contribution in [-0.2, 0) is 11.4 Å². The average molecular weight is 316 g/mol. The van der Waals surface area contributed by atoms with Crippen molar-refractivity contribution in [1.82, 2.24) is 0 Å². The molecule has 0 amide bonds. The van der Waals surface area contributed by atoms with E-state index in [-0.39, 0.29) is 5.97 Å². The van der Waals surface area contributed by atoms with Gasteiger partial charge in [-0.2, -0.15) is 0 Å². The third kappa shape index (κ3) is 4.53. The largest absolute Gasteiger partial charge is 0.489 e. The van der Waals surface area contributed by atoms with Gasteiger partial charge >= 0.3 is 5.97 Å². The summed E-state index contributed by atoms with van der Waals surface area (Å²) in [5, 5.41) is 0. The summed E-state index contributed by atoms with van der Waals surface area (Å²) < 4.78 is 10.6. The molecule has 0 aliphatic heterocycles. The lowest BCUT2D eigenvalue weighted by molar-refractivity contribution is -0.136. The summed E-state index contributed by atoms with van der Waals surface area (Å²) in [6, 6.07) is 17.1. The maximum Gasteiger partial charge on any atom is 0.327 e. The van der Waals surface area contributed by atoms with Gasteiger partial charge in [0, 0.05) is 6.07 Å². The highest BCUT2D eigenvalue weighted by molar-refractivity contribution is 8.00. The summed E-state index contributed by atoms with van der Waals surface area (Å²) in [7, 11) is 0. The number of benzene rings is 2. The van der Waals surface area contributed by atoms with Gasteiger partial charge in [0.15, 0.2) is 0 Å². The third-order valence-electron chi connectivity index (χ3n) is 3.27. The molecule has 0 N–H and O–H groups in total. The van der Waals surface area contributed by atoms with Gasteiger partial charge in [0.25, 0.3) is 0 Å². The quantitative estimate of drug-likeness (QED) is 0.587. The Kier molecular flexibility index (Phi) is 5.50. The normalized spacial score (nSPS) is 11.0. The molecule has 0 saturated heterocycles. The first-order valence-electron chi connectivity index (χ1n) is 7.05. The minimum absolute atomic E-state index is 0.264.